The first-order valence-electron chi connectivity index (χ1n) is 10.7. The van der Waals surface area contributed by atoms with Crippen LogP contribution in [-0.2, 0) is 9.53 Å². The molecule has 2 amide bonds. The number of amides is 2. The van der Waals surface area contributed by atoms with Gasteiger partial charge in [0, 0.05) is 35.4 Å². The van der Waals surface area contributed by atoms with Crippen molar-refractivity contribution in [2.45, 2.75) is 26.3 Å². The second kappa shape index (κ2) is 10.3. The Bertz CT molecular complexity index is 1210. The zero-order valence-corrected chi connectivity index (χ0v) is 19.4. The highest BCUT2D eigenvalue weighted by atomic mass is 32.1. The topological polar surface area (TPSA) is 116 Å². The van der Waals surface area contributed by atoms with Crippen molar-refractivity contribution < 1.29 is 28.6 Å². The summed E-state index contributed by atoms with van der Waals surface area (Å²) in [7, 11) is 0. The van der Waals surface area contributed by atoms with Crippen molar-refractivity contribution in [3.63, 3.8) is 0 Å². The maximum atomic E-state index is 12.6. The van der Waals surface area contributed by atoms with Crippen LogP contribution in [0.25, 0.3) is 11.3 Å². The molecule has 0 fully saturated rings. The number of nitrogens with zero attached hydrogens (tertiary/aromatic N) is 1. The molecule has 10 heteroatoms. The summed E-state index contributed by atoms with van der Waals surface area (Å²) in [5.74, 6) is 0.587. The number of ether oxygens (including phenoxy) is 3. The van der Waals surface area contributed by atoms with Crippen molar-refractivity contribution in [2.24, 2.45) is 0 Å². The van der Waals surface area contributed by atoms with Gasteiger partial charge in [0.15, 0.2) is 5.13 Å². The number of fused-ring (bicyclic) bond motifs is 1. The Morgan fingerprint density at radius 3 is 2.71 bits per heavy atom. The van der Waals surface area contributed by atoms with Crippen LogP contribution < -0.4 is 20.1 Å². The quantitative estimate of drug-likeness (QED) is 0.392. The lowest BCUT2D eigenvalue weighted by atomic mass is 9.97. The van der Waals surface area contributed by atoms with Gasteiger partial charge in [-0.15, -0.1) is 11.3 Å². The van der Waals surface area contributed by atoms with E-state index in [4.69, 9.17) is 14.2 Å². The monoisotopic (exact) mass is 481 g/mol. The van der Waals surface area contributed by atoms with Gasteiger partial charge in [-0.3, -0.25) is 14.9 Å². The third-order valence-corrected chi connectivity index (χ3v) is 5.78. The minimum absolute atomic E-state index is 0.0950. The minimum atomic E-state index is -0.799. The first-order chi connectivity index (χ1) is 16.4. The Morgan fingerprint density at radius 1 is 1.18 bits per heavy atom. The number of nitrogens with one attached hydrogen (secondary N) is 2. The Hall–Kier alpha value is -3.92. The summed E-state index contributed by atoms with van der Waals surface area (Å²) in [4.78, 5) is 40.1. The van der Waals surface area contributed by atoms with Crippen molar-refractivity contribution in [1.82, 2.24) is 10.3 Å². The van der Waals surface area contributed by atoms with E-state index in [0.29, 0.717) is 29.4 Å². The smallest absolute Gasteiger partial charge is 0.493 e. The molecule has 0 bridgehead atoms. The van der Waals surface area contributed by atoms with Gasteiger partial charge in [0.1, 0.15) is 11.5 Å². The maximum Gasteiger partial charge on any atom is 0.513 e. The standard InChI is InChI=1S/C24H23N3O6S/c1-3-31-24(30)33-17-7-4-15(5-8-17)22(29)27-23-26-20(13-34-23)16-6-9-21-18(12-16)19(10-11-32-21)25-14(2)28/h4-9,12-13,19H,3,10-11H2,1-2H3,(H,25,28)(H,26,27,29). The van der Waals surface area contributed by atoms with E-state index in [1.54, 1.807) is 19.1 Å². The fourth-order valence-corrected chi connectivity index (χ4v) is 4.21. The van der Waals surface area contributed by atoms with Gasteiger partial charge in [0.25, 0.3) is 5.91 Å². The second-order valence-electron chi connectivity index (χ2n) is 7.44. The van der Waals surface area contributed by atoms with E-state index in [1.165, 1.54) is 30.4 Å². The molecule has 0 radical (unpaired) electrons. The number of rotatable bonds is 6. The number of benzene rings is 2. The highest BCUT2D eigenvalue weighted by molar-refractivity contribution is 7.14. The molecule has 1 aliphatic rings. The SMILES string of the molecule is CCOC(=O)Oc1ccc(C(=O)Nc2nc(-c3ccc4c(c3)C(NC(C)=O)CCO4)cs2)cc1. The number of hydrogen-bond donors (Lipinski definition) is 2. The molecule has 0 saturated heterocycles. The molecule has 1 aromatic heterocycles. The molecule has 2 heterocycles. The van der Waals surface area contributed by atoms with E-state index in [9.17, 15) is 14.4 Å². The van der Waals surface area contributed by atoms with E-state index in [-0.39, 0.29) is 30.2 Å². The summed E-state index contributed by atoms with van der Waals surface area (Å²) in [6.07, 6.45) is -0.106. The summed E-state index contributed by atoms with van der Waals surface area (Å²) < 4.78 is 15.4. The van der Waals surface area contributed by atoms with Crippen LogP contribution in [0, 0.1) is 0 Å². The van der Waals surface area contributed by atoms with E-state index in [1.807, 2.05) is 23.6 Å². The molecule has 1 atom stereocenters. The van der Waals surface area contributed by atoms with Crippen LogP contribution in [0.2, 0.25) is 0 Å². The molecule has 176 valence electrons. The maximum absolute atomic E-state index is 12.6. The van der Waals surface area contributed by atoms with Gasteiger partial charge in [-0.2, -0.15) is 0 Å². The van der Waals surface area contributed by atoms with E-state index in [0.717, 1.165) is 16.9 Å². The highest BCUT2D eigenvalue weighted by Gasteiger charge is 2.23. The Labute approximate surface area is 200 Å². The largest absolute Gasteiger partial charge is 0.513 e. The minimum Gasteiger partial charge on any atom is -0.493 e. The molecule has 0 spiro atoms. The van der Waals surface area contributed by atoms with E-state index in [2.05, 4.69) is 15.6 Å². The molecule has 34 heavy (non-hydrogen) atoms. The van der Waals surface area contributed by atoms with Crippen molar-refractivity contribution in [3.8, 4) is 22.8 Å². The van der Waals surface area contributed by atoms with E-state index < -0.39 is 6.16 Å². The van der Waals surface area contributed by atoms with Gasteiger partial charge < -0.3 is 19.5 Å². The van der Waals surface area contributed by atoms with Gasteiger partial charge in [0.2, 0.25) is 5.91 Å². The van der Waals surface area contributed by atoms with Crippen LogP contribution in [0.4, 0.5) is 9.93 Å². The molecule has 2 N–H and O–H groups in total. The summed E-state index contributed by atoms with van der Waals surface area (Å²) >= 11 is 1.30. The molecule has 3 aromatic rings. The first kappa shape index (κ1) is 23.2. The van der Waals surface area contributed by atoms with Crippen molar-refractivity contribution in [1.29, 1.82) is 0 Å². The Balaban J connectivity index is 1.44. The number of anilines is 1. The predicted octanol–water partition coefficient (Wildman–Crippen LogP) is 4.56. The van der Waals surface area contributed by atoms with Gasteiger partial charge in [0.05, 0.1) is 24.9 Å². The van der Waals surface area contributed by atoms with Crippen LogP contribution in [0.1, 0.15) is 42.2 Å². The van der Waals surface area contributed by atoms with Gasteiger partial charge >= 0.3 is 6.16 Å². The number of carbonyl (C=O) groups excluding carboxylic acids is 3. The average Bonchev–Trinajstić information content (AvgIpc) is 3.28. The summed E-state index contributed by atoms with van der Waals surface area (Å²) in [5.41, 5.74) is 2.85. The number of thiazole rings is 1. The molecule has 1 unspecified atom stereocenters. The fraction of sp³-hybridized carbons (Fsp3) is 0.250. The van der Waals surface area contributed by atoms with Crippen LogP contribution >= 0.6 is 11.3 Å². The predicted molar refractivity (Wildman–Crippen MR) is 126 cm³/mol. The first-order valence-corrected chi connectivity index (χ1v) is 11.6. The van der Waals surface area contributed by atoms with Gasteiger partial charge in [-0.25, -0.2) is 9.78 Å². The van der Waals surface area contributed by atoms with Gasteiger partial charge in [-0.1, -0.05) is 0 Å². The van der Waals surface area contributed by atoms with Crippen molar-refractivity contribution >= 4 is 34.4 Å². The molecule has 9 nitrogen and oxygen atoms in total. The zero-order valence-electron chi connectivity index (χ0n) is 18.6. The Kier molecular flexibility index (Phi) is 7.07. The lowest BCUT2D eigenvalue weighted by molar-refractivity contribution is -0.119. The van der Waals surface area contributed by atoms with Gasteiger partial charge in [-0.05, 0) is 49.4 Å². The van der Waals surface area contributed by atoms with Crippen LogP contribution in [0.15, 0.2) is 47.8 Å². The molecule has 2 aromatic carbocycles. The van der Waals surface area contributed by atoms with Crippen LogP contribution in [0.5, 0.6) is 11.5 Å². The number of aromatic nitrogens is 1. The van der Waals surface area contributed by atoms with E-state index >= 15 is 0 Å². The lowest BCUT2D eigenvalue weighted by Gasteiger charge is -2.26. The highest BCUT2D eigenvalue weighted by Crippen LogP contribution is 2.36. The van der Waals surface area contributed by atoms with Crippen molar-refractivity contribution in [3.05, 3.63) is 59.0 Å². The average molecular weight is 482 g/mol. The molecule has 0 aliphatic carbocycles. The zero-order chi connectivity index (χ0) is 24.1. The molecule has 1 aliphatic heterocycles. The third-order valence-electron chi connectivity index (χ3n) is 5.03. The Morgan fingerprint density at radius 2 is 1.97 bits per heavy atom. The molecule has 0 saturated carbocycles. The summed E-state index contributed by atoms with van der Waals surface area (Å²) in [5, 5.41) is 8.03. The molecular formula is C24H23N3O6S. The molecule has 4 rings (SSSR count). The lowest BCUT2D eigenvalue weighted by Crippen LogP contribution is -2.30. The summed E-state index contributed by atoms with van der Waals surface area (Å²) in [6, 6.07) is 11.7. The third kappa shape index (κ3) is 5.52. The van der Waals surface area contributed by atoms with Crippen LogP contribution in [-0.4, -0.2) is 36.2 Å². The normalized spacial score (nSPS) is 14.4. The summed E-state index contributed by atoms with van der Waals surface area (Å²) in [6.45, 7) is 3.93. The second-order valence-corrected chi connectivity index (χ2v) is 8.30. The fourth-order valence-electron chi connectivity index (χ4n) is 3.50. The number of hydrogen-bond acceptors (Lipinski definition) is 8. The van der Waals surface area contributed by atoms with Crippen molar-refractivity contribution in [2.75, 3.05) is 18.5 Å². The van der Waals surface area contributed by atoms with Crippen LogP contribution in [0.3, 0.4) is 0 Å². The molecular weight excluding hydrogens is 458 g/mol. The number of carbonyl (C=O) groups is 3.